The molecular formula is C50H49N3O5. The fraction of sp³-hybridized carbons (Fsp3) is 0.200. The van der Waals surface area contributed by atoms with E-state index >= 15 is 0 Å². The van der Waals surface area contributed by atoms with E-state index in [1.807, 2.05) is 72.8 Å². The van der Waals surface area contributed by atoms with Crippen LogP contribution in [0.3, 0.4) is 0 Å². The molecule has 3 N–H and O–H groups in total. The quantitative estimate of drug-likeness (QED) is 0.0665. The summed E-state index contributed by atoms with van der Waals surface area (Å²) in [5, 5.41) is 29.5. The maximum Gasteiger partial charge on any atom is 0.347 e. The summed E-state index contributed by atoms with van der Waals surface area (Å²) in [6, 6.07) is 48.7. The molecule has 1 heterocycles. The minimum absolute atomic E-state index is 0.101. The molecule has 0 aromatic heterocycles. The molecule has 1 aliphatic heterocycles. The van der Waals surface area contributed by atoms with Gasteiger partial charge in [0.05, 0.1) is 12.3 Å². The molecule has 6 aromatic carbocycles. The Labute approximate surface area is 340 Å². The van der Waals surface area contributed by atoms with E-state index in [1.54, 1.807) is 31.2 Å². The molecule has 8 nitrogen and oxygen atoms in total. The number of nitrogens with one attached hydrogen (secondary N) is 1. The number of benzene rings is 6. The van der Waals surface area contributed by atoms with Crippen LogP contribution < -0.4 is 15.3 Å². The smallest absolute Gasteiger partial charge is 0.347 e. The van der Waals surface area contributed by atoms with Crippen molar-refractivity contribution < 1.29 is 24.5 Å². The van der Waals surface area contributed by atoms with Gasteiger partial charge >= 0.3 is 5.97 Å². The number of hydrogen-bond acceptors (Lipinski definition) is 8. The predicted molar refractivity (Wildman–Crippen MR) is 233 cm³/mol. The summed E-state index contributed by atoms with van der Waals surface area (Å²) in [5.74, 6) is -0.161. The van der Waals surface area contributed by atoms with Gasteiger partial charge in [0, 0.05) is 28.3 Å². The SMILES string of the molecule is CCCCCCCCOC(=O)C(C)Oc1ccc(N2N=C(c3ccc(-c4ccccc4)cc3)C(c3ccccc3O)=C(c3ccc(-c4ccccc4)cc3)N2)c(O)c1. The average Bonchev–Trinajstić information content (AvgIpc) is 3.26. The number of hydrazone groups is 1. The van der Waals surface area contributed by atoms with Crippen LogP contribution in [-0.4, -0.2) is 34.6 Å². The van der Waals surface area contributed by atoms with Crippen molar-refractivity contribution in [2.45, 2.75) is 58.5 Å². The Bertz CT molecular complexity index is 2360. The van der Waals surface area contributed by atoms with Crippen LogP contribution in [0.1, 0.15) is 69.1 Å². The van der Waals surface area contributed by atoms with Gasteiger partial charge in [0.2, 0.25) is 0 Å². The van der Waals surface area contributed by atoms with Gasteiger partial charge in [-0.05, 0) is 53.8 Å². The van der Waals surface area contributed by atoms with E-state index in [0.29, 0.717) is 40.6 Å². The summed E-state index contributed by atoms with van der Waals surface area (Å²) < 4.78 is 11.4. The molecule has 8 heteroatoms. The van der Waals surface area contributed by atoms with Crippen LogP contribution in [0, 0.1) is 0 Å². The fourth-order valence-corrected chi connectivity index (χ4v) is 7.02. The third kappa shape index (κ3) is 9.41. The van der Waals surface area contributed by atoms with E-state index in [1.165, 1.54) is 30.4 Å². The lowest BCUT2D eigenvalue weighted by atomic mass is 9.89. The molecule has 1 aliphatic rings. The molecule has 0 amide bonds. The number of carbonyl (C=O) groups is 1. The van der Waals surface area contributed by atoms with Crippen LogP contribution in [0.15, 0.2) is 157 Å². The fourth-order valence-electron chi connectivity index (χ4n) is 7.02. The number of hydrazine groups is 1. The summed E-state index contributed by atoms with van der Waals surface area (Å²) in [6.07, 6.45) is 5.72. The number of phenols is 2. The van der Waals surface area contributed by atoms with Crippen molar-refractivity contribution >= 4 is 28.6 Å². The van der Waals surface area contributed by atoms with Crippen LogP contribution in [0.4, 0.5) is 5.69 Å². The van der Waals surface area contributed by atoms with E-state index < -0.39 is 12.1 Å². The number of hydrogen-bond donors (Lipinski definition) is 3. The highest BCUT2D eigenvalue weighted by molar-refractivity contribution is 6.38. The van der Waals surface area contributed by atoms with E-state index in [2.05, 4.69) is 60.9 Å². The number of anilines is 1. The average molecular weight is 772 g/mol. The Morgan fingerprint density at radius 1 is 0.638 bits per heavy atom. The molecule has 0 bridgehead atoms. The molecule has 1 atom stereocenters. The molecule has 0 radical (unpaired) electrons. The van der Waals surface area contributed by atoms with Gasteiger partial charge in [0.25, 0.3) is 0 Å². The maximum absolute atomic E-state index is 12.7. The van der Waals surface area contributed by atoms with Gasteiger partial charge in [-0.15, -0.1) is 0 Å². The van der Waals surface area contributed by atoms with E-state index in [0.717, 1.165) is 52.6 Å². The number of ether oxygens (including phenoxy) is 2. The summed E-state index contributed by atoms with van der Waals surface area (Å²) in [5.41, 5.74) is 12.2. The molecule has 6 aromatic rings. The third-order valence-corrected chi connectivity index (χ3v) is 10.2. The Kier molecular flexibility index (Phi) is 12.8. The lowest BCUT2D eigenvalue weighted by molar-refractivity contribution is -0.151. The second kappa shape index (κ2) is 18.9. The van der Waals surface area contributed by atoms with Crippen molar-refractivity contribution in [3.8, 4) is 39.5 Å². The summed E-state index contributed by atoms with van der Waals surface area (Å²) in [6.45, 7) is 4.18. The first-order valence-electron chi connectivity index (χ1n) is 20.1. The first-order chi connectivity index (χ1) is 28.4. The largest absolute Gasteiger partial charge is 0.507 e. The number of esters is 1. The Balaban J connectivity index is 1.23. The predicted octanol–water partition coefficient (Wildman–Crippen LogP) is 11.4. The highest BCUT2D eigenvalue weighted by Gasteiger charge is 2.29. The van der Waals surface area contributed by atoms with Crippen molar-refractivity contribution in [3.63, 3.8) is 0 Å². The molecule has 294 valence electrons. The topological polar surface area (TPSA) is 104 Å². The second-order valence-electron chi connectivity index (χ2n) is 14.4. The minimum Gasteiger partial charge on any atom is -0.507 e. The monoisotopic (exact) mass is 771 g/mol. The van der Waals surface area contributed by atoms with Crippen molar-refractivity contribution in [1.82, 2.24) is 5.43 Å². The maximum atomic E-state index is 12.7. The first kappa shape index (κ1) is 39.4. The van der Waals surface area contributed by atoms with Crippen molar-refractivity contribution in [2.24, 2.45) is 5.10 Å². The van der Waals surface area contributed by atoms with Gasteiger partial charge in [0.15, 0.2) is 6.10 Å². The lowest BCUT2D eigenvalue weighted by Crippen LogP contribution is -2.38. The number of rotatable bonds is 16. The number of carbonyl (C=O) groups excluding carboxylic acids is 1. The van der Waals surface area contributed by atoms with Crippen molar-refractivity contribution in [1.29, 1.82) is 0 Å². The van der Waals surface area contributed by atoms with E-state index in [-0.39, 0.29) is 11.5 Å². The highest BCUT2D eigenvalue weighted by atomic mass is 16.6. The van der Waals surface area contributed by atoms with Gasteiger partial charge in [-0.3, -0.25) is 5.43 Å². The molecule has 0 fully saturated rings. The van der Waals surface area contributed by atoms with Crippen molar-refractivity contribution in [2.75, 3.05) is 11.7 Å². The van der Waals surface area contributed by atoms with Gasteiger partial charge in [0.1, 0.15) is 28.6 Å². The van der Waals surface area contributed by atoms with Crippen molar-refractivity contribution in [3.05, 3.63) is 168 Å². The zero-order valence-corrected chi connectivity index (χ0v) is 33.0. The number of phenolic OH excluding ortho intramolecular Hbond substituents is 2. The third-order valence-electron chi connectivity index (χ3n) is 10.2. The van der Waals surface area contributed by atoms with Crippen LogP contribution in [-0.2, 0) is 9.53 Å². The Hall–Kier alpha value is -6.80. The number of allylic oxidation sites excluding steroid dienone is 1. The minimum atomic E-state index is -0.864. The Morgan fingerprint density at radius 2 is 1.19 bits per heavy atom. The van der Waals surface area contributed by atoms with Gasteiger partial charge in [-0.2, -0.15) is 10.2 Å². The van der Waals surface area contributed by atoms with E-state index in [9.17, 15) is 15.0 Å². The van der Waals surface area contributed by atoms with Crippen LogP contribution >= 0.6 is 0 Å². The number of nitrogens with zero attached hydrogens (tertiary/aromatic N) is 2. The lowest BCUT2D eigenvalue weighted by Gasteiger charge is -2.32. The summed E-state index contributed by atoms with van der Waals surface area (Å²) in [4.78, 5) is 12.7. The molecular weight excluding hydrogens is 723 g/mol. The van der Waals surface area contributed by atoms with Crippen LogP contribution in [0.2, 0.25) is 0 Å². The number of para-hydroxylation sites is 1. The van der Waals surface area contributed by atoms with Gasteiger partial charge in [-0.1, -0.05) is 166 Å². The standard InChI is InChI=1S/C50H49N3O5/c1-3-4-5-6-7-16-33-57-50(56)35(2)58-42-31-32-44(46(55)34-42)53-51-48(40-27-23-38(24-28-40)36-17-10-8-11-18-36)47(43-21-14-15-22-45(43)54)49(52-53)41-29-25-39(26-30-41)37-19-12-9-13-20-37/h8-15,17-32,34-35,51,54-55H,3-7,16,33H2,1-2H3. The summed E-state index contributed by atoms with van der Waals surface area (Å²) in [7, 11) is 0. The number of aromatic hydroxyl groups is 2. The molecule has 1 unspecified atom stereocenters. The molecule has 7 rings (SSSR count). The molecule has 58 heavy (non-hydrogen) atoms. The van der Waals surface area contributed by atoms with Crippen LogP contribution in [0.25, 0.3) is 33.5 Å². The number of unbranched alkanes of at least 4 members (excludes halogenated alkanes) is 5. The molecule has 0 saturated carbocycles. The second-order valence-corrected chi connectivity index (χ2v) is 14.4. The Morgan fingerprint density at radius 3 is 1.81 bits per heavy atom. The van der Waals surface area contributed by atoms with E-state index in [4.69, 9.17) is 14.6 Å². The zero-order chi connectivity index (χ0) is 40.3. The first-order valence-corrected chi connectivity index (χ1v) is 20.1. The van der Waals surface area contributed by atoms with Gasteiger partial charge in [-0.25, -0.2) is 4.79 Å². The highest BCUT2D eigenvalue weighted by Crippen LogP contribution is 2.40. The molecule has 0 spiro atoms. The normalized spacial score (nSPS) is 13.1. The molecule has 0 saturated heterocycles. The summed E-state index contributed by atoms with van der Waals surface area (Å²) >= 11 is 0. The van der Waals surface area contributed by atoms with Crippen LogP contribution in [0.5, 0.6) is 17.2 Å². The molecule has 0 aliphatic carbocycles. The zero-order valence-electron chi connectivity index (χ0n) is 33.0. The van der Waals surface area contributed by atoms with Gasteiger partial charge < -0.3 is 19.7 Å².